The van der Waals surface area contributed by atoms with Crippen molar-refractivity contribution in [1.29, 1.82) is 0 Å². The second kappa shape index (κ2) is 3.42. The standard InChI is InChI=1S/C8H11F3O3/c1-2-7(6(12)13)3-5(4-7)14-8(9,10)11/h5H,2-4H2,1H3,(H,12,13). The average Bonchev–Trinajstić information content (AvgIpc) is 1.92. The Labute approximate surface area is 78.9 Å². The van der Waals surface area contributed by atoms with E-state index >= 15 is 0 Å². The van der Waals surface area contributed by atoms with Crippen molar-refractivity contribution in [2.75, 3.05) is 0 Å². The van der Waals surface area contributed by atoms with Crippen LogP contribution in [-0.4, -0.2) is 23.5 Å². The molecule has 0 heterocycles. The Hall–Kier alpha value is -0.780. The Kier molecular flexibility index (Phi) is 2.76. The van der Waals surface area contributed by atoms with Crippen LogP contribution in [0.5, 0.6) is 0 Å². The number of rotatable bonds is 3. The minimum Gasteiger partial charge on any atom is -0.481 e. The summed E-state index contributed by atoms with van der Waals surface area (Å²) < 4.78 is 38.9. The number of hydrogen-bond donors (Lipinski definition) is 1. The predicted molar refractivity (Wildman–Crippen MR) is 40.5 cm³/mol. The van der Waals surface area contributed by atoms with Crippen molar-refractivity contribution in [2.24, 2.45) is 5.41 Å². The first-order chi connectivity index (χ1) is 6.29. The lowest BCUT2D eigenvalue weighted by molar-refractivity contribution is -0.358. The molecule has 0 saturated heterocycles. The molecule has 0 bridgehead atoms. The van der Waals surface area contributed by atoms with Gasteiger partial charge in [0.2, 0.25) is 0 Å². The first kappa shape index (κ1) is 11.3. The van der Waals surface area contributed by atoms with Crippen LogP contribution in [-0.2, 0) is 9.53 Å². The van der Waals surface area contributed by atoms with E-state index in [4.69, 9.17) is 5.11 Å². The second-order valence-corrected chi connectivity index (χ2v) is 3.53. The van der Waals surface area contributed by atoms with E-state index in [9.17, 15) is 18.0 Å². The molecule has 1 aliphatic rings. The fourth-order valence-electron chi connectivity index (χ4n) is 1.70. The van der Waals surface area contributed by atoms with Gasteiger partial charge >= 0.3 is 12.3 Å². The summed E-state index contributed by atoms with van der Waals surface area (Å²) in [4.78, 5) is 10.7. The number of hydrogen-bond acceptors (Lipinski definition) is 2. The minimum absolute atomic E-state index is 0.0572. The molecule has 1 saturated carbocycles. The third-order valence-electron chi connectivity index (χ3n) is 2.67. The van der Waals surface area contributed by atoms with Crippen molar-refractivity contribution >= 4 is 5.97 Å². The molecule has 0 aromatic rings. The molecule has 1 aliphatic carbocycles. The van der Waals surface area contributed by atoms with Gasteiger partial charge in [-0.05, 0) is 19.3 Å². The lowest BCUT2D eigenvalue weighted by Crippen LogP contribution is -2.49. The van der Waals surface area contributed by atoms with Crippen LogP contribution in [0.3, 0.4) is 0 Å². The van der Waals surface area contributed by atoms with E-state index in [1.165, 1.54) is 0 Å². The van der Waals surface area contributed by atoms with E-state index in [0.29, 0.717) is 6.42 Å². The van der Waals surface area contributed by atoms with Crippen LogP contribution in [0, 0.1) is 5.41 Å². The zero-order chi connectivity index (χ0) is 11.0. The first-order valence-corrected chi connectivity index (χ1v) is 4.27. The molecule has 1 rings (SSSR count). The Bertz CT molecular complexity index is 230. The highest BCUT2D eigenvalue weighted by molar-refractivity contribution is 5.76. The van der Waals surface area contributed by atoms with Crippen molar-refractivity contribution < 1.29 is 27.8 Å². The van der Waals surface area contributed by atoms with E-state index < -0.39 is 23.9 Å². The van der Waals surface area contributed by atoms with Crippen molar-refractivity contribution in [3.05, 3.63) is 0 Å². The van der Waals surface area contributed by atoms with Crippen molar-refractivity contribution in [3.63, 3.8) is 0 Å². The summed E-state index contributed by atoms with van der Waals surface area (Å²) in [5.74, 6) is -1.04. The highest BCUT2D eigenvalue weighted by atomic mass is 19.4. The van der Waals surface area contributed by atoms with E-state index in [-0.39, 0.29) is 12.8 Å². The Morgan fingerprint density at radius 1 is 1.57 bits per heavy atom. The Morgan fingerprint density at radius 3 is 2.36 bits per heavy atom. The van der Waals surface area contributed by atoms with Crippen LogP contribution in [0.25, 0.3) is 0 Å². The fourth-order valence-corrected chi connectivity index (χ4v) is 1.70. The summed E-state index contributed by atoms with van der Waals surface area (Å²) in [6.07, 6.45) is -5.44. The van der Waals surface area contributed by atoms with Crippen LogP contribution in [0.2, 0.25) is 0 Å². The molecule has 0 aromatic heterocycles. The van der Waals surface area contributed by atoms with Crippen LogP contribution in [0.1, 0.15) is 26.2 Å². The highest BCUT2D eigenvalue weighted by Crippen LogP contribution is 2.47. The second-order valence-electron chi connectivity index (χ2n) is 3.53. The average molecular weight is 212 g/mol. The largest absolute Gasteiger partial charge is 0.522 e. The van der Waals surface area contributed by atoms with Crippen LogP contribution in [0.15, 0.2) is 0 Å². The van der Waals surface area contributed by atoms with Gasteiger partial charge in [0, 0.05) is 0 Å². The number of carboxylic acids is 1. The monoisotopic (exact) mass is 212 g/mol. The van der Waals surface area contributed by atoms with Crippen LogP contribution >= 0.6 is 0 Å². The van der Waals surface area contributed by atoms with Gasteiger partial charge < -0.3 is 5.11 Å². The maximum absolute atomic E-state index is 11.7. The molecular weight excluding hydrogens is 201 g/mol. The molecule has 0 spiro atoms. The molecule has 0 aromatic carbocycles. The Balaban J connectivity index is 2.45. The van der Waals surface area contributed by atoms with Gasteiger partial charge in [-0.2, -0.15) is 0 Å². The van der Waals surface area contributed by atoms with Gasteiger partial charge in [0.25, 0.3) is 0 Å². The van der Waals surface area contributed by atoms with Gasteiger partial charge in [0.15, 0.2) is 0 Å². The molecule has 3 nitrogen and oxygen atoms in total. The quantitative estimate of drug-likeness (QED) is 0.779. The van der Waals surface area contributed by atoms with E-state index in [2.05, 4.69) is 4.74 Å². The van der Waals surface area contributed by atoms with Crippen molar-refractivity contribution in [1.82, 2.24) is 0 Å². The van der Waals surface area contributed by atoms with E-state index in [1.807, 2.05) is 0 Å². The molecule has 6 heteroatoms. The third kappa shape index (κ3) is 2.17. The molecule has 0 atom stereocenters. The number of carboxylic acid groups (broad SMARTS) is 1. The molecule has 1 fully saturated rings. The van der Waals surface area contributed by atoms with Gasteiger partial charge in [0.05, 0.1) is 11.5 Å². The molecule has 0 amide bonds. The summed E-state index contributed by atoms with van der Waals surface area (Å²) in [7, 11) is 0. The minimum atomic E-state index is -4.66. The smallest absolute Gasteiger partial charge is 0.481 e. The zero-order valence-corrected chi connectivity index (χ0v) is 7.60. The number of aliphatic carboxylic acids is 1. The normalized spacial score (nSPS) is 32.4. The maximum atomic E-state index is 11.7. The lowest BCUT2D eigenvalue weighted by Gasteiger charge is -2.43. The zero-order valence-electron chi connectivity index (χ0n) is 7.60. The lowest BCUT2D eigenvalue weighted by atomic mass is 9.65. The maximum Gasteiger partial charge on any atom is 0.522 e. The number of halogens is 3. The summed E-state index contributed by atoms with van der Waals surface area (Å²) in [5.41, 5.74) is -1.00. The third-order valence-corrected chi connectivity index (χ3v) is 2.67. The topological polar surface area (TPSA) is 46.5 Å². The number of ether oxygens (including phenoxy) is 1. The molecule has 1 N–H and O–H groups in total. The molecule has 0 unspecified atom stereocenters. The van der Waals surface area contributed by atoms with Crippen molar-refractivity contribution in [2.45, 2.75) is 38.7 Å². The van der Waals surface area contributed by atoms with Crippen LogP contribution in [0.4, 0.5) is 13.2 Å². The van der Waals surface area contributed by atoms with E-state index in [1.54, 1.807) is 6.92 Å². The number of carbonyl (C=O) groups is 1. The van der Waals surface area contributed by atoms with Crippen molar-refractivity contribution in [3.8, 4) is 0 Å². The van der Waals surface area contributed by atoms with Crippen LogP contribution < -0.4 is 0 Å². The summed E-state index contributed by atoms with van der Waals surface area (Å²) in [5, 5.41) is 8.76. The summed E-state index contributed by atoms with van der Waals surface area (Å²) in [6, 6.07) is 0. The highest BCUT2D eigenvalue weighted by Gasteiger charge is 2.52. The predicted octanol–water partition coefficient (Wildman–Crippen LogP) is 2.17. The van der Waals surface area contributed by atoms with E-state index in [0.717, 1.165) is 0 Å². The van der Waals surface area contributed by atoms with Gasteiger partial charge in [-0.3, -0.25) is 9.53 Å². The van der Waals surface area contributed by atoms with Gasteiger partial charge in [-0.15, -0.1) is 13.2 Å². The molecule has 14 heavy (non-hydrogen) atoms. The Morgan fingerprint density at radius 2 is 2.07 bits per heavy atom. The van der Waals surface area contributed by atoms with Gasteiger partial charge in [0.1, 0.15) is 0 Å². The SMILES string of the molecule is CCC1(C(=O)O)CC(OC(F)(F)F)C1. The van der Waals surface area contributed by atoms with Gasteiger partial charge in [-0.1, -0.05) is 6.92 Å². The molecule has 0 aliphatic heterocycles. The summed E-state index contributed by atoms with van der Waals surface area (Å²) in [6.45, 7) is 1.65. The molecule has 82 valence electrons. The number of alkyl halides is 3. The molecular formula is C8H11F3O3. The van der Waals surface area contributed by atoms with Gasteiger partial charge in [-0.25, -0.2) is 0 Å². The fraction of sp³-hybridized carbons (Fsp3) is 0.875. The molecule has 0 radical (unpaired) electrons. The first-order valence-electron chi connectivity index (χ1n) is 4.27. The summed E-state index contributed by atoms with van der Waals surface area (Å²) >= 11 is 0.